The predicted octanol–water partition coefficient (Wildman–Crippen LogP) is 3.58. The second-order valence-electron chi connectivity index (χ2n) is 7.82. The van der Waals surface area contributed by atoms with Crippen molar-refractivity contribution in [2.75, 3.05) is 13.1 Å². The van der Waals surface area contributed by atoms with Crippen LogP contribution in [0.5, 0.6) is 0 Å². The number of hydrogen-bond donors (Lipinski definition) is 1. The number of piperidine rings is 1. The number of fused-ring (bicyclic) bond motifs is 1. The van der Waals surface area contributed by atoms with Crippen LogP contribution in [0.4, 0.5) is 0 Å². The molecule has 2 unspecified atom stereocenters. The Morgan fingerprint density at radius 1 is 1.21 bits per heavy atom. The lowest BCUT2D eigenvalue weighted by Gasteiger charge is -2.35. The fourth-order valence-electron chi connectivity index (χ4n) is 3.77. The standard InChI is InChI=1S/C22H25N3O4/c1-14(2)19(24-20(26)18-10-6-12-28-18)22(27)25-11-5-7-15(13-25)21-23-16-8-3-4-9-17(16)29-21/h3-4,6,8-10,12,14-15,19H,5,7,11,13H2,1-2H3,(H,24,26). The molecule has 2 amide bonds. The highest BCUT2D eigenvalue weighted by atomic mass is 16.3. The maximum Gasteiger partial charge on any atom is 0.287 e. The number of carbonyl (C=O) groups excluding carboxylic acids is 2. The second kappa shape index (κ2) is 8.11. The molecule has 1 N–H and O–H groups in total. The van der Waals surface area contributed by atoms with Crippen LogP contribution in [0.25, 0.3) is 11.1 Å². The molecule has 152 valence electrons. The molecule has 0 aliphatic carbocycles. The highest BCUT2D eigenvalue weighted by Crippen LogP contribution is 2.29. The minimum absolute atomic E-state index is 0.0497. The van der Waals surface area contributed by atoms with Crippen molar-refractivity contribution in [3.8, 4) is 0 Å². The first-order valence-electron chi connectivity index (χ1n) is 10.0. The van der Waals surface area contributed by atoms with E-state index in [0.717, 1.165) is 23.9 Å². The van der Waals surface area contributed by atoms with Gasteiger partial charge in [0.05, 0.1) is 12.2 Å². The van der Waals surface area contributed by atoms with Gasteiger partial charge in [-0.05, 0) is 43.0 Å². The number of benzene rings is 1. The van der Waals surface area contributed by atoms with Gasteiger partial charge in [0, 0.05) is 13.1 Å². The van der Waals surface area contributed by atoms with Crippen molar-refractivity contribution < 1.29 is 18.4 Å². The smallest absolute Gasteiger partial charge is 0.287 e. The van der Waals surface area contributed by atoms with Gasteiger partial charge >= 0.3 is 0 Å². The van der Waals surface area contributed by atoms with Crippen LogP contribution in [0.15, 0.2) is 51.5 Å². The van der Waals surface area contributed by atoms with Gasteiger partial charge in [-0.25, -0.2) is 4.98 Å². The van der Waals surface area contributed by atoms with Crippen molar-refractivity contribution in [2.45, 2.75) is 38.6 Å². The van der Waals surface area contributed by atoms with E-state index < -0.39 is 6.04 Å². The Morgan fingerprint density at radius 2 is 2.03 bits per heavy atom. The first-order chi connectivity index (χ1) is 14.0. The zero-order valence-electron chi connectivity index (χ0n) is 16.6. The number of carbonyl (C=O) groups is 2. The van der Waals surface area contributed by atoms with E-state index in [1.54, 1.807) is 12.1 Å². The van der Waals surface area contributed by atoms with Crippen molar-refractivity contribution in [3.63, 3.8) is 0 Å². The maximum atomic E-state index is 13.2. The minimum Gasteiger partial charge on any atom is -0.459 e. The number of amides is 2. The van der Waals surface area contributed by atoms with Gasteiger partial charge in [0.2, 0.25) is 5.91 Å². The van der Waals surface area contributed by atoms with Crippen LogP contribution in [0.3, 0.4) is 0 Å². The fourth-order valence-corrected chi connectivity index (χ4v) is 3.77. The van der Waals surface area contributed by atoms with Crippen LogP contribution in [0.2, 0.25) is 0 Å². The molecule has 0 radical (unpaired) electrons. The Bertz CT molecular complexity index is 960. The number of nitrogens with zero attached hydrogens (tertiary/aromatic N) is 2. The van der Waals surface area contributed by atoms with Crippen molar-refractivity contribution >= 4 is 22.9 Å². The second-order valence-corrected chi connectivity index (χ2v) is 7.82. The molecule has 2 aromatic heterocycles. The van der Waals surface area contributed by atoms with Crippen LogP contribution in [-0.2, 0) is 4.79 Å². The van der Waals surface area contributed by atoms with E-state index in [1.807, 2.05) is 43.0 Å². The lowest BCUT2D eigenvalue weighted by atomic mass is 9.95. The number of furan rings is 1. The van der Waals surface area contributed by atoms with Crippen LogP contribution in [0, 0.1) is 5.92 Å². The number of para-hydroxylation sites is 2. The SMILES string of the molecule is CC(C)C(NC(=O)c1ccco1)C(=O)N1CCCC(c2nc3ccccc3o2)C1. The molecule has 29 heavy (non-hydrogen) atoms. The third-order valence-corrected chi connectivity index (χ3v) is 5.36. The topological polar surface area (TPSA) is 88.6 Å². The van der Waals surface area contributed by atoms with Crippen LogP contribution in [0.1, 0.15) is 49.1 Å². The van der Waals surface area contributed by atoms with Crippen molar-refractivity contribution in [2.24, 2.45) is 5.92 Å². The van der Waals surface area contributed by atoms with Crippen LogP contribution >= 0.6 is 0 Å². The monoisotopic (exact) mass is 395 g/mol. The Kier molecular flexibility index (Phi) is 5.38. The Hall–Kier alpha value is -3.09. The Balaban J connectivity index is 1.48. The lowest BCUT2D eigenvalue weighted by molar-refractivity contribution is -0.135. The normalized spacial score (nSPS) is 18.2. The van der Waals surface area contributed by atoms with E-state index in [2.05, 4.69) is 10.3 Å². The molecular weight excluding hydrogens is 370 g/mol. The molecule has 0 spiro atoms. The van der Waals surface area contributed by atoms with E-state index in [-0.39, 0.29) is 29.4 Å². The van der Waals surface area contributed by atoms with Gasteiger partial charge in [-0.3, -0.25) is 9.59 Å². The molecule has 1 saturated heterocycles. The molecule has 2 atom stereocenters. The average Bonchev–Trinajstić information content (AvgIpc) is 3.41. The summed E-state index contributed by atoms with van der Waals surface area (Å²) in [6.07, 6.45) is 3.23. The van der Waals surface area contributed by atoms with Gasteiger partial charge in [0.15, 0.2) is 17.2 Å². The Labute approximate surface area is 169 Å². The van der Waals surface area contributed by atoms with Gasteiger partial charge in [0.1, 0.15) is 11.6 Å². The molecule has 3 heterocycles. The van der Waals surface area contributed by atoms with E-state index in [1.165, 1.54) is 6.26 Å². The summed E-state index contributed by atoms with van der Waals surface area (Å²) < 4.78 is 11.1. The molecule has 0 saturated carbocycles. The number of aromatic nitrogens is 1. The van der Waals surface area contributed by atoms with E-state index in [4.69, 9.17) is 8.83 Å². The van der Waals surface area contributed by atoms with E-state index >= 15 is 0 Å². The average molecular weight is 395 g/mol. The third kappa shape index (κ3) is 4.04. The van der Waals surface area contributed by atoms with Gasteiger partial charge in [-0.1, -0.05) is 26.0 Å². The van der Waals surface area contributed by atoms with Gasteiger partial charge in [0.25, 0.3) is 5.91 Å². The summed E-state index contributed by atoms with van der Waals surface area (Å²) in [4.78, 5) is 32.0. The van der Waals surface area contributed by atoms with Crippen LogP contribution in [-0.4, -0.2) is 40.8 Å². The summed E-state index contributed by atoms with van der Waals surface area (Å²) in [5.74, 6) is 0.408. The highest BCUT2D eigenvalue weighted by molar-refractivity contribution is 5.95. The van der Waals surface area contributed by atoms with Gasteiger partial charge in [-0.2, -0.15) is 0 Å². The van der Waals surface area contributed by atoms with Crippen LogP contribution < -0.4 is 5.32 Å². The largest absolute Gasteiger partial charge is 0.459 e. The molecule has 1 aliphatic heterocycles. The molecule has 3 aromatic rings. The first kappa shape index (κ1) is 19.2. The summed E-state index contributed by atoms with van der Waals surface area (Å²) in [6, 6.07) is 10.3. The summed E-state index contributed by atoms with van der Waals surface area (Å²) in [5.41, 5.74) is 1.59. The number of likely N-dealkylation sites (tertiary alicyclic amines) is 1. The summed E-state index contributed by atoms with van der Waals surface area (Å²) in [6.45, 7) is 5.04. The predicted molar refractivity (Wildman–Crippen MR) is 107 cm³/mol. The lowest BCUT2D eigenvalue weighted by Crippen LogP contribution is -2.53. The van der Waals surface area contributed by atoms with Gasteiger partial charge in [-0.15, -0.1) is 0 Å². The molecular formula is C22H25N3O4. The molecule has 4 rings (SSSR count). The van der Waals surface area contributed by atoms with Crippen molar-refractivity contribution in [1.82, 2.24) is 15.2 Å². The fraction of sp³-hybridized carbons (Fsp3) is 0.409. The highest BCUT2D eigenvalue weighted by Gasteiger charge is 2.34. The Morgan fingerprint density at radius 3 is 2.76 bits per heavy atom. The number of oxazole rings is 1. The number of nitrogens with one attached hydrogen (secondary N) is 1. The molecule has 0 bridgehead atoms. The molecule has 7 nitrogen and oxygen atoms in total. The maximum absolute atomic E-state index is 13.2. The molecule has 1 aromatic carbocycles. The quantitative estimate of drug-likeness (QED) is 0.713. The third-order valence-electron chi connectivity index (χ3n) is 5.36. The number of hydrogen-bond acceptors (Lipinski definition) is 5. The summed E-state index contributed by atoms with van der Waals surface area (Å²) in [5, 5.41) is 2.83. The summed E-state index contributed by atoms with van der Waals surface area (Å²) >= 11 is 0. The van der Waals surface area contributed by atoms with E-state index in [9.17, 15) is 9.59 Å². The minimum atomic E-state index is -0.616. The molecule has 1 aliphatic rings. The van der Waals surface area contributed by atoms with E-state index in [0.29, 0.717) is 19.0 Å². The first-order valence-corrected chi connectivity index (χ1v) is 10.0. The van der Waals surface area contributed by atoms with Gasteiger partial charge < -0.3 is 19.1 Å². The van der Waals surface area contributed by atoms with Crippen molar-refractivity contribution in [1.29, 1.82) is 0 Å². The zero-order chi connectivity index (χ0) is 20.4. The number of rotatable bonds is 5. The molecule has 7 heteroatoms. The zero-order valence-corrected chi connectivity index (χ0v) is 16.6. The summed E-state index contributed by atoms with van der Waals surface area (Å²) in [7, 11) is 0. The molecule has 1 fully saturated rings. The van der Waals surface area contributed by atoms with Crippen molar-refractivity contribution in [3.05, 3.63) is 54.3 Å².